The molecule has 0 unspecified atom stereocenters. The van der Waals surface area contributed by atoms with Crippen molar-refractivity contribution < 1.29 is 9.18 Å². The lowest BCUT2D eigenvalue weighted by molar-refractivity contribution is -0.135. The first-order valence-electron chi connectivity index (χ1n) is 10.7. The van der Waals surface area contributed by atoms with E-state index in [4.69, 9.17) is 4.98 Å². The van der Waals surface area contributed by atoms with Gasteiger partial charge in [-0.05, 0) is 37.0 Å². The van der Waals surface area contributed by atoms with Crippen molar-refractivity contribution in [3.8, 4) is 0 Å². The van der Waals surface area contributed by atoms with E-state index in [-0.39, 0.29) is 11.7 Å². The Morgan fingerprint density at radius 1 is 1.17 bits per heavy atom. The maximum absolute atomic E-state index is 13.1. The number of amides is 1. The van der Waals surface area contributed by atoms with E-state index in [1.807, 2.05) is 4.90 Å². The predicted molar refractivity (Wildman–Crippen MR) is 116 cm³/mol. The Hall–Kier alpha value is -2.02. The average molecular weight is 419 g/mol. The summed E-state index contributed by atoms with van der Waals surface area (Å²) in [6, 6.07) is 6.47. The molecule has 1 aliphatic rings. The summed E-state index contributed by atoms with van der Waals surface area (Å²) in [6.07, 6.45) is 5.71. The normalized spacial score (nSPS) is 16.0. The van der Waals surface area contributed by atoms with Crippen LogP contribution in [0.1, 0.15) is 57.3 Å². The van der Waals surface area contributed by atoms with Crippen molar-refractivity contribution in [2.24, 2.45) is 5.92 Å². The second kappa shape index (κ2) is 10.7. The van der Waals surface area contributed by atoms with Gasteiger partial charge in [0.05, 0.1) is 0 Å². The Labute approximate surface area is 177 Å². The smallest absolute Gasteiger partial charge is 0.225 e. The molecule has 1 aromatic heterocycles. The van der Waals surface area contributed by atoms with Crippen LogP contribution in [0.2, 0.25) is 0 Å². The lowest BCUT2D eigenvalue weighted by Gasteiger charge is -2.25. The van der Waals surface area contributed by atoms with Crippen LogP contribution in [0.5, 0.6) is 0 Å². The van der Waals surface area contributed by atoms with Gasteiger partial charge in [0.1, 0.15) is 11.6 Å². The van der Waals surface area contributed by atoms with Gasteiger partial charge in [-0.2, -0.15) is 4.37 Å². The molecule has 1 saturated heterocycles. The highest BCUT2D eigenvalue weighted by Crippen LogP contribution is 2.22. The van der Waals surface area contributed by atoms with Gasteiger partial charge in [-0.3, -0.25) is 4.79 Å². The van der Waals surface area contributed by atoms with Gasteiger partial charge in [-0.1, -0.05) is 38.8 Å². The second-order valence-corrected chi connectivity index (χ2v) is 8.44. The summed E-state index contributed by atoms with van der Waals surface area (Å²) in [5.41, 5.74) is 1.00. The molecule has 3 rings (SSSR count). The molecule has 0 N–H and O–H groups in total. The van der Waals surface area contributed by atoms with Crippen molar-refractivity contribution in [1.82, 2.24) is 14.3 Å². The van der Waals surface area contributed by atoms with Crippen molar-refractivity contribution in [2.45, 2.75) is 52.4 Å². The van der Waals surface area contributed by atoms with Crippen molar-refractivity contribution >= 4 is 22.6 Å². The topological polar surface area (TPSA) is 49.3 Å². The van der Waals surface area contributed by atoms with E-state index < -0.39 is 0 Å². The van der Waals surface area contributed by atoms with Gasteiger partial charge in [0.15, 0.2) is 0 Å². The van der Waals surface area contributed by atoms with Crippen molar-refractivity contribution in [3.63, 3.8) is 0 Å². The number of carbonyl (C=O) groups is 1. The Kier molecular flexibility index (Phi) is 7.98. The first-order valence-corrected chi connectivity index (χ1v) is 11.5. The van der Waals surface area contributed by atoms with E-state index in [9.17, 15) is 9.18 Å². The molecular weight excluding hydrogens is 387 g/mol. The van der Waals surface area contributed by atoms with Gasteiger partial charge >= 0.3 is 0 Å². The summed E-state index contributed by atoms with van der Waals surface area (Å²) in [6.45, 7) is 7.54. The number of hydrogen-bond acceptors (Lipinski definition) is 5. The number of hydrogen-bond donors (Lipinski definition) is 0. The number of unbranched alkanes of at least 4 members (excludes halogenated alkanes) is 1. The van der Waals surface area contributed by atoms with Gasteiger partial charge in [0.2, 0.25) is 11.0 Å². The maximum Gasteiger partial charge on any atom is 0.225 e. The molecule has 0 saturated carbocycles. The lowest BCUT2D eigenvalue weighted by Crippen LogP contribution is -2.39. The maximum atomic E-state index is 13.1. The van der Waals surface area contributed by atoms with Crippen LogP contribution in [0, 0.1) is 11.7 Å². The van der Waals surface area contributed by atoms with Gasteiger partial charge in [-0.15, -0.1) is 0 Å². The molecule has 158 valence electrons. The Bertz CT molecular complexity index is 779. The molecule has 1 aromatic carbocycles. The minimum Gasteiger partial charge on any atom is -0.345 e. The van der Waals surface area contributed by atoms with Crippen LogP contribution in [-0.4, -0.2) is 46.3 Å². The number of benzene rings is 1. The summed E-state index contributed by atoms with van der Waals surface area (Å²) in [7, 11) is 0. The largest absolute Gasteiger partial charge is 0.345 e. The van der Waals surface area contributed by atoms with Crippen LogP contribution in [0.4, 0.5) is 9.52 Å². The van der Waals surface area contributed by atoms with Gasteiger partial charge < -0.3 is 9.80 Å². The van der Waals surface area contributed by atoms with E-state index in [1.165, 1.54) is 23.7 Å². The Balaban J connectivity index is 1.57. The zero-order valence-electron chi connectivity index (χ0n) is 17.4. The second-order valence-electron chi connectivity index (χ2n) is 7.71. The van der Waals surface area contributed by atoms with Gasteiger partial charge in [0.25, 0.3) is 0 Å². The van der Waals surface area contributed by atoms with Crippen LogP contribution < -0.4 is 4.90 Å². The number of rotatable bonds is 8. The summed E-state index contributed by atoms with van der Waals surface area (Å²) >= 11 is 1.41. The number of halogens is 1. The highest BCUT2D eigenvalue weighted by atomic mass is 32.1. The fraction of sp³-hybridized carbons (Fsp3) is 0.591. The molecule has 1 amide bonds. The van der Waals surface area contributed by atoms with Crippen LogP contribution in [0.25, 0.3) is 0 Å². The van der Waals surface area contributed by atoms with Crippen LogP contribution in [-0.2, 0) is 11.2 Å². The van der Waals surface area contributed by atoms with E-state index in [2.05, 4.69) is 23.1 Å². The summed E-state index contributed by atoms with van der Waals surface area (Å²) in [5.74, 6) is 1.01. The molecule has 29 heavy (non-hydrogen) atoms. The molecule has 1 atom stereocenters. The molecule has 0 aliphatic carbocycles. The standard InChI is InChI=1S/C22H31FN4OS/c1-3-5-7-18(4-2)21(28)26-12-6-13-27(15-14-26)22-24-20(25-29-22)16-17-8-10-19(23)11-9-17/h8-11,18H,3-7,12-16H2,1-2H3/t18-/m1/s1. The average Bonchev–Trinajstić information content (AvgIpc) is 3.05. The van der Waals surface area contributed by atoms with Crippen LogP contribution >= 0.6 is 11.5 Å². The highest BCUT2D eigenvalue weighted by molar-refractivity contribution is 7.09. The fourth-order valence-corrected chi connectivity index (χ4v) is 4.51. The van der Waals surface area contributed by atoms with E-state index >= 15 is 0 Å². The number of anilines is 1. The van der Waals surface area contributed by atoms with E-state index in [0.717, 1.165) is 74.8 Å². The minimum atomic E-state index is -0.232. The summed E-state index contributed by atoms with van der Waals surface area (Å²) < 4.78 is 17.6. The molecule has 7 heteroatoms. The summed E-state index contributed by atoms with van der Waals surface area (Å²) in [4.78, 5) is 21.9. The molecular formula is C22H31FN4OS. The molecule has 2 heterocycles. The molecule has 0 radical (unpaired) electrons. The zero-order chi connectivity index (χ0) is 20.6. The van der Waals surface area contributed by atoms with Gasteiger partial charge in [-0.25, -0.2) is 9.37 Å². The SMILES string of the molecule is CCCC[C@@H](CC)C(=O)N1CCCN(c2nc(Cc3ccc(F)cc3)ns2)CC1. The Morgan fingerprint density at radius 3 is 2.69 bits per heavy atom. The Morgan fingerprint density at radius 2 is 1.97 bits per heavy atom. The molecule has 5 nitrogen and oxygen atoms in total. The summed E-state index contributed by atoms with van der Waals surface area (Å²) in [5, 5.41) is 0.912. The number of aromatic nitrogens is 2. The molecule has 2 aromatic rings. The van der Waals surface area contributed by atoms with Gasteiger partial charge in [0, 0.05) is 50.1 Å². The first kappa shape index (κ1) is 21.7. The molecule has 1 fully saturated rings. The van der Waals surface area contributed by atoms with Crippen molar-refractivity contribution in [1.29, 1.82) is 0 Å². The number of carbonyl (C=O) groups excluding carboxylic acids is 1. The van der Waals surface area contributed by atoms with E-state index in [1.54, 1.807) is 12.1 Å². The van der Waals surface area contributed by atoms with Crippen molar-refractivity contribution in [2.75, 3.05) is 31.1 Å². The fourth-order valence-electron chi connectivity index (χ4n) is 3.77. The third kappa shape index (κ3) is 5.98. The zero-order valence-corrected chi connectivity index (χ0v) is 18.3. The monoisotopic (exact) mass is 418 g/mol. The quantitative estimate of drug-likeness (QED) is 0.632. The van der Waals surface area contributed by atoms with Crippen LogP contribution in [0.3, 0.4) is 0 Å². The molecule has 0 spiro atoms. The predicted octanol–water partition coefficient (Wildman–Crippen LogP) is 4.52. The van der Waals surface area contributed by atoms with Crippen LogP contribution in [0.15, 0.2) is 24.3 Å². The first-order chi connectivity index (χ1) is 14.1. The minimum absolute atomic E-state index is 0.158. The van der Waals surface area contributed by atoms with Crippen molar-refractivity contribution in [3.05, 3.63) is 41.5 Å². The third-order valence-electron chi connectivity index (χ3n) is 5.56. The van der Waals surface area contributed by atoms with E-state index in [0.29, 0.717) is 12.3 Å². The number of nitrogens with zero attached hydrogens (tertiary/aromatic N) is 4. The lowest BCUT2D eigenvalue weighted by atomic mass is 9.97. The molecule has 1 aliphatic heterocycles. The third-order valence-corrected chi connectivity index (χ3v) is 6.37. The highest BCUT2D eigenvalue weighted by Gasteiger charge is 2.25. The molecule has 0 bridgehead atoms.